The first kappa shape index (κ1) is 13.1. The lowest BCUT2D eigenvalue weighted by Crippen LogP contribution is -2.19. The van der Waals surface area contributed by atoms with Gasteiger partial charge in [0.1, 0.15) is 5.78 Å². The highest BCUT2D eigenvalue weighted by molar-refractivity contribution is 8.00. The van der Waals surface area contributed by atoms with E-state index < -0.39 is 0 Å². The topological polar surface area (TPSA) is 17.1 Å². The highest BCUT2D eigenvalue weighted by Crippen LogP contribution is 2.32. The summed E-state index contributed by atoms with van der Waals surface area (Å²) in [4.78, 5) is 11.7. The van der Waals surface area contributed by atoms with Gasteiger partial charge in [-0.25, -0.2) is 0 Å². The number of Topliss-reactive ketones (excluding diaryl/α,β-unsaturated/α-hetero) is 1. The number of rotatable bonds is 5. The van der Waals surface area contributed by atoms with Crippen molar-refractivity contribution in [1.82, 2.24) is 0 Å². The molecular formula is C13H24OS. The van der Waals surface area contributed by atoms with Crippen LogP contribution < -0.4 is 0 Å². The van der Waals surface area contributed by atoms with Crippen LogP contribution in [0.15, 0.2) is 0 Å². The number of thioether (sulfide) groups is 1. The Morgan fingerprint density at radius 3 is 2.80 bits per heavy atom. The maximum absolute atomic E-state index is 11.7. The molecule has 3 unspecified atom stereocenters. The van der Waals surface area contributed by atoms with Gasteiger partial charge >= 0.3 is 0 Å². The fourth-order valence-electron chi connectivity index (χ4n) is 2.10. The SMILES string of the molecule is CCC(C)C(=O)CSC1CCCC(C)C1. The maximum Gasteiger partial charge on any atom is 0.145 e. The van der Waals surface area contributed by atoms with Crippen molar-refractivity contribution in [2.75, 3.05) is 5.75 Å². The molecule has 0 N–H and O–H groups in total. The second-order valence-corrected chi connectivity index (χ2v) is 6.27. The first-order valence-electron chi connectivity index (χ1n) is 6.27. The molecule has 0 heterocycles. The summed E-state index contributed by atoms with van der Waals surface area (Å²) in [5.74, 6) is 2.32. The van der Waals surface area contributed by atoms with Crippen LogP contribution in [0.25, 0.3) is 0 Å². The third-order valence-corrected chi connectivity index (χ3v) is 4.86. The molecule has 1 saturated carbocycles. The Balaban J connectivity index is 2.21. The molecule has 1 aliphatic carbocycles. The van der Waals surface area contributed by atoms with Gasteiger partial charge < -0.3 is 0 Å². The van der Waals surface area contributed by atoms with E-state index in [4.69, 9.17) is 0 Å². The molecule has 0 aliphatic heterocycles. The highest BCUT2D eigenvalue weighted by atomic mass is 32.2. The van der Waals surface area contributed by atoms with Crippen LogP contribution in [0.5, 0.6) is 0 Å². The molecule has 0 bridgehead atoms. The van der Waals surface area contributed by atoms with Crippen LogP contribution in [0.1, 0.15) is 52.9 Å². The van der Waals surface area contributed by atoms with Crippen LogP contribution in [0.2, 0.25) is 0 Å². The summed E-state index contributed by atoms with van der Waals surface area (Å²) in [5, 5.41) is 0.752. The average molecular weight is 228 g/mol. The zero-order valence-corrected chi connectivity index (χ0v) is 11.1. The molecule has 15 heavy (non-hydrogen) atoms. The van der Waals surface area contributed by atoms with E-state index in [9.17, 15) is 4.79 Å². The summed E-state index contributed by atoms with van der Waals surface area (Å²) in [6.07, 6.45) is 6.37. The Morgan fingerprint density at radius 2 is 2.20 bits per heavy atom. The number of carbonyl (C=O) groups is 1. The number of ketones is 1. The fraction of sp³-hybridized carbons (Fsp3) is 0.923. The second-order valence-electron chi connectivity index (χ2n) is 4.98. The van der Waals surface area contributed by atoms with Gasteiger partial charge in [0.25, 0.3) is 0 Å². The van der Waals surface area contributed by atoms with Crippen LogP contribution in [0.3, 0.4) is 0 Å². The van der Waals surface area contributed by atoms with Crippen LogP contribution in [0.4, 0.5) is 0 Å². The highest BCUT2D eigenvalue weighted by Gasteiger charge is 2.20. The van der Waals surface area contributed by atoms with Crippen molar-refractivity contribution in [1.29, 1.82) is 0 Å². The lowest BCUT2D eigenvalue weighted by atomic mass is 9.91. The van der Waals surface area contributed by atoms with E-state index in [1.807, 2.05) is 18.7 Å². The minimum atomic E-state index is 0.263. The van der Waals surface area contributed by atoms with Gasteiger partial charge in [-0.3, -0.25) is 4.79 Å². The van der Waals surface area contributed by atoms with E-state index in [-0.39, 0.29) is 5.92 Å². The predicted molar refractivity (Wildman–Crippen MR) is 68.3 cm³/mol. The first-order valence-corrected chi connectivity index (χ1v) is 7.32. The maximum atomic E-state index is 11.7. The number of carbonyl (C=O) groups excluding carboxylic acids is 1. The van der Waals surface area contributed by atoms with Crippen molar-refractivity contribution in [3.63, 3.8) is 0 Å². The van der Waals surface area contributed by atoms with Gasteiger partial charge in [0, 0.05) is 11.2 Å². The molecule has 1 nitrogen and oxygen atoms in total. The Kier molecular flexibility index (Phi) is 5.73. The van der Waals surface area contributed by atoms with E-state index in [0.29, 0.717) is 5.78 Å². The summed E-state index contributed by atoms with van der Waals surface area (Å²) in [6, 6.07) is 0. The van der Waals surface area contributed by atoms with Gasteiger partial charge in [-0.2, -0.15) is 11.8 Å². The Labute approximate surface area is 98.4 Å². The predicted octanol–water partition coefficient (Wildman–Crippen LogP) is 3.91. The third kappa shape index (κ3) is 4.58. The Morgan fingerprint density at radius 1 is 1.47 bits per heavy atom. The van der Waals surface area contributed by atoms with Gasteiger partial charge in [0.2, 0.25) is 0 Å². The van der Waals surface area contributed by atoms with Crippen LogP contribution in [-0.2, 0) is 4.79 Å². The van der Waals surface area contributed by atoms with E-state index in [0.717, 1.165) is 23.3 Å². The fourth-order valence-corrected chi connectivity index (χ4v) is 3.58. The molecule has 1 aliphatic rings. The van der Waals surface area contributed by atoms with E-state index in [1.54, 1.807) is 0 Å². The quantitative estimate of drug-likeness (QED) is 0.709. The molecule has 0 saturated heterocycles. The second kappa shape index (κ2) is 6.57. The largest absolute Gasteiger partial charge is 0.298 e. The first-order chi connectivity index (χ1) is 7.13. The average Bonchev–Trinajstić information content (AvgIpc) is 2.25. The zero-order chi connectivity index (χ0) is 11.3. The minimum Gasteiger partial charge on any atom is -0.298 e. The van der Waals surface area contributed by atoms with Gasteiger partial charge in [0.15, 0.2) is 0 Å². The molecule has 0 amide bonds. The summed E-state index contributed by atoms with van der Waals surface area (Å²) < 4.78 is 0. The molecule has 1 fully saturated rings. The summed E-state index contributed by atoms with van der Waals surface area (Å²) in [7, 11) is 0. The van der Waals surface area contributed by atoms with Crippen LogP contribution in [0, 0.1) is 11.8 Å². The van der Waals surface area contributed by atoms with Crippen molar-refractivity contribution in [3.05, 3.63) is 0 Å². The number of hydrogen-bond donors (Lipinski definition) is 0. The standard InChI is InChI=1S/C13H24OS/c1-4-11(3)13(14)9-15-12-7-5-6-10(2)8-12/h10-12H,4-9H2,1-3H3. The lowest BCUT2D eigenvalue weighted by molar-refractivity contribution is -0.119. The molecule has 0 spiro atoms. The Hall–Kier alpha value is 0.0200. The smallest absolute Gasteiger partial charge is 0.145 e. The van der Waals surface area contributed by atoms with E-state index in [2.05, 4.69) is 13.8 Å². The summed E-state index contributed by atoms with van der Waals surface area (Å²) in [6.45, 7) is 6.48. The number of hydrogen-bond acceptors (Lipinski definition) is 2. The van der Waals surface area contributed by atoms with Gasteiger partial charge in [-0.05, 0) is 25.2 Å². The van der Waals surface area contributed by atoms with Crippen molar-refractivity contribution in [2.45, 2.75) is 58.1 Å². The minimum absolute atomic E-state index is 0.263. The molecule has 0 radical (unpaired) electrons. The van der Waals surface area contributed by atoms with Crippen molar-refractivity contribution in [3.8, 4) is 0 Å². The molecule has 0 aromatic rings. The van der Waals surface area contributed by atoms with E-state index in [1.165, 1.54) is 25.7 Å². The third-order valence-electron chi connectivity index (χ3n) is 3.51. The van der Waals surface area contributed by atoms with Crippen molar-refractivity contribution < 1.29 is 4.79 Å². The monoisotopic (exact) mass is 228 g/mol. The molecule has 2 heteroatoms. The Bertz CT molecular complexity index is 203. The summed E-state index contributed by atoms with van der Waals surface area (Å²) in [5.41, 5.74) is 0. The van der Waals surface area contributed by atoms with Crippen molar-refractivity contribution >= 4 is 17.5 Å². The van der Waals surface area contributed by atoms with Gasteiger partial charge in [-0.1, -0.05) is 33.6 Å². The molecule has 3 atom stereocenters. The molecule has 88 valence electrons. The molecule has 0 aromatic heterocycles. The summed E-state index contributed by atoms with van der Waals surface area (Å²) >= 11 is 1.90. The molecule has 0 aromatic carbocycles. The molecular weight excluding hydrogens is 204 g/mol. The lowest BCUT2D eigenvalue weighted by Gasteiger charge is -2.26. The van der Waals surface area contributed by atoms with E-state index >= 15 is 0 Å². The van der Waals surface area contributed by atoms with Gasteiger partial charge in [-0.15, -0.1) is 0 Å². The normalized spacial score (nSPS) is 28.7. The molecule has 1 rings (SSSR count). The van der Waals surface area contributed by atoms with Crippen LogP contribution in [-0.4, -0.2) is 16.8 Å². The zero-order valence-electron chi connectivity index (χ0n) is 10.3. The van der Waals surface area contributed by atoms with Crippen molar-refractivity contribution in [2.24, 2.45) is 11.8 Å². The van der Waals surface area contributed by atoms with Gasteiger partial charge in [0.05, 0.1) is 5.75 Å². The van der Waals surface area contributed by atoms with Crippen LogP contribution >= 0.6 is 11.8 Å².